The second-order valence-electron chi connectivity index (χ2n) is 5.40. The number of halogens is 1. The molecule has 1 aromatic heterocycles. The molecule has 0 saturated carbocycles. The quantitative estimate of drug-likeness (QED) is 0.434. The Labute approximate surface area is 151 Å². The topological polar surface area (TPSA) is 80.2 Å². The zero-order valence-electron chi connectivity index (χ0n) is 12.8. The highest BCUT2D eigenvalue weighted by atomic mass is 127. The Kier molecular flexibility index (Phi) is 4.52. The van der Waals surface area contributed by atoms with Crippen molar-refractivity contribution in [2.24, 2.45) is 7.05 Å². The number of carbonyl (C=O) groups excluding carboxylic acids is 2. The number of aryl methyl sites for hydroxylation is 1. The molecule has 1 aromatic carbocycles. The summed E-state index contributed by atoms with van der Waals surface area (Å²) in [7, 11) is 1.68. The first kappa shape index (κ1) is 16.4. The molecule has 0 saturated heterocycles. The van der Waals surface area contributed by atoms with Gasteiger partial charge in [-0.15, -0.1) is 0 Å². The molecule has 0 radical (unpaired) electrons. The SMILES string of the molecule is Cn1ccc(CN/C=C2\C(=O)NC(=O)c3ccc(I)cc32)cc1=O. The van der Waals surface area contributed by atoms with Crippen LogP contribution in [0, 0.1) is 3.57 Å². The number of hydrogen-bond donors (Lipinski definition) is 2. The Morgan fingerprint density at radius 2 is 1.92 bits per heavy atom. The van der Waals surface area contributed by atoms with Crippen molar-refractivity contribution in [1.29, 1.82) is 0 Å². The minimum atomic E-state index is -0.439. The largest absolute Gasteiger partial charge is 0.386 e. The van der Waals surface area contributed by atoms with Gasteiger partial charge in [-0.25, -0.2) is 0 Å². The lowest BCUT2D eigenvalue weighted by Gasteiger charge is -2.18. The number of nitrogens with one attached hydrogen (secondary N) is 2. The average molecular weight is 435 g/mol. The highest BCUT2D eigenvalue weighted by Gasteiger charge is 2.27. The number of aromatic nitrogens is 1. The van der Waals surface area contributed by atoms with Crippen LogP contribution in [-0.4, -0.2) is 16.4 Å². The van der Waals surface area contributed by atoms with Gasteiger partial charge in [0.1, 0.15) is 0 Å². The minimum absolute atomic E-state index is 0.0946. The molecule has 0 atom stereocenters. The predicted molar refractivity (Wildman–Crippen MR) is 98.1 cm³/mol. The van der Waals surface area contributed by atoms with Gasteiger partial charge in [0.15, 0.2) is 0 Å². The lowest BCUT2D eigenvalue weighted by Crippen LogP contribution is -2.37. The van der Waals surface area contributed by atoms with Crippen molar-refractivity contribution in [1.82, 2.24) is 15.2 Å². The fourth-order valence-electron chi connectivity index (χ4n) is 2.41. The van der Waals surface area contributed by atoms with Crippen molar-refractivity contribution in [2.75, 3.05) is 0 Å². The molecule has 2 aromatic rings. The number of fused-ring (bicyclic) bond motifs is 1. The van der Waals surface area contributed by atoms with Crippen LogP contribution in [0.25, 0.3) is 5.57 Å². The van der Waals surface area contributed by atoms with E-state index >= 15 is 0 Å². The molecule has 0 bridgehead atoms. The monoisotopic (exact) mass is 435 g/mol. The summed E-state index contributed by atoms with van der Waals surface area (Å²) in [5, 5.41) is 5.37. The zero-order valence-corrected chi connectivity index (χ0v) is 15.0. The number of hydrogen-bond acceptors (Lipinski definition) is 4. The molecule has 3 rings (SSSR count). The number of benzene rings is 1. The lowest BCUT2D eigenvalue weighted by molar-refractivity contribution is -0.114. The zero-order chi connectivity index (χ0) is 17.3. The van der Waals surface area contributed by atoms with Gasteiger partial charge in [0.25, 0.3) is 17.4 Å². The molecular formula is C17H14IN3O3. The summed E-state index contributed by atoms with van der Waals surface area (Å²) >= 11 is 2.14. The lowest BCUT2D eigenvalue weighted by atomic mass is 9.96. The molecule has 0 fully saturated rings. The van der Waals surface area contributed by atoms with Crippen molar-refractivity contribution in [3.8, 4) is 0 Å². The summed E-state index contributed by atoms with van der Waals surface area (Å²) in [6.07, 6.45) is 3.27. The summed E-state index contributed by atoms with van der Waals surface area (Å²) in [6.45, 7) is 0.403. The van der Waals surface area contributed by atoms with Gasteiger partial charge >= 0.3 is 0 Å². The van der Waals surface area contributed by atoms with Crippen LogP contribution in [0.4, 0.5) is 0 Å². The third-order valence-electron chi connectivity index (χ3n) is 3.71. The van der Waals surface area contributed by atoms with Crippen LogP contribution >= 0.6 is 22.6 Å². The van der Waals surface area contributed by atoms with Gasteiger partial charge in [0, 0.05) is 46.8 Å². The van der Waals surface area contributed by atoms with Gasteiger partial charge in [-0.1, -0.05) is 0 Å². The first-order valence-electron chi connectivity index (χ1n) is 7.20. The van der Waals surface area contributed by atoms with E-state index in [-0.39, 0.29) is 5.56 Å². The van der Waals surface area contributed by atoms with Crippen molar-refractivity contribution >= 4 is 40.0 Å². The van der Waals surface area contributed by atoms with E-state index in [4.69, 9.17) is 0 Å². The van der Waals surface area contributed by atoms with E-state index in [0.717, 1.165) is 9.13 Å². The number of imide groups is 1. The molecule has 1 aliphatic heterocycles. The number of rotatable bonds is 3. The van der Waals surface area contributed by atoms with Gasteiger partial charge in [-0.05, 0) is 52.4 Å². The number of amides is 2. The van der Waals surface area contributed by atoms with Crippen LogP contribution in [0.2, 0.25) is 0 Å². The molecule has 0 aliphatic carbocycles. The first-order valence-corrected chi connectivity index (χ1v) is 8.28. The van der Waals surface area contributed by atoms with Gasteiger partial charge in [-0.2, -0.15) is 0 Å². The molecule has 0 unspecified atom stereocenters. The van der Waals surface area contributed by atoms with Crippen molar-refractivity contribution < 1.29 is 9.59 Å². The van der Waals surface area contributed by atoms with Crippen LogP contribution in [0.15, 0.2) is 47.5 Å². The Bertz CT molecular complexity index is 931. The van der Waals surface area contributed by atoms with Crippen LogP contribution in [0.3, 0.4) is 0 Å². The van der Waals surface area contributed by atoms with E-state index in [9.17, 15) is 14.4 Å². The fourth-order valence-corrected chi connectivity index (χ4v) is 2.90. The highest BCUT2D eigenvalue weighted by Crippen LogP contribution is 2.25. The predicted octanol–water partition coefficient (Wildman–Crippen LogP) is 1.39. The summed E-state index contributed by atoms with van der Waals surface area (Å²) in [5.74, 6) is -0.832. The van der Waals surface area contributed by atoms with E-state index < -0.39 is 11.8 Å². The van der Waals surface area contributed by atoms with Crippen molar-refractivity contribution in [3.63, 3.8) is 0 Å². The van der Waals surface area contributed by atoms with Crippen LogP contribution in [0.5, 0.6) is 0 Å². The average Bonchev–Trinajstić information content (AvgIpc) is 2.53. The molecule has 1 aliphatic rings. The van der Waals surface area contributed by atoms with Crippen LogP contribution < -0.4 is 16.2 Å². The maximum Gasteiger partial charge on any atom is 0.260 e. The fraction of sp³-hybridized carbons (Fsp3) is 0.118. The number of nitrogens with zero attached hydrogens (tertiary/aromatic N) is 1. The standard InChI is InChI=1S/C17H14IN3O3/c1-21-5-4-10(6-15(21)22)8-19-9-14-13-7-11(18)2-3-12(13)16(23)20-17(14)24/h2-7,9,19H,8H2,1H3,(H,20,23,24)/b14-9-. The van der Waals surface area contributed by atoms with E-state index in [1.165, 1.54) is 10.6 Å². The van der Waals surface area contributed by atoms with Gasteiger partial charge in [0.05, 0.1) is 5.57 Å². The van der Waals surface area contributed by atoms with Crippen LogP contribution in [-0.2, 0) is 18.4 Å². The Balaban J connectivity index is 1.86. The Hall–Kier alpha value is -2.42. The highest BCUT2D eigenvalue weighted by molar-refractivity contribution is 14.1. The van der Waals surface area contributed by atoms with Gasteiger partial charge in [-0.3, -0.25) is 19.7 Å². The Morgan fingerprint density at radius 3 is 2.67 bits per heavy atom. The molecule has 2 heterocycles. The maximum atomic E-state index is 12.1. The van der Waals surface area contributed by atoms with E-state index in [1.807, 2.05) is 12.1 Å². The summed E-state index contributed by atoms with van der Waals surface area (Å²) in [5.41, 5.74) is 2.18. The summed E-state index contributed by atoms with van der Waals surface area (Å²) < 4.78 is 2.42. The van der Waals surface area contributed by atoms with Crippen molar-refractivity contribution in [2.45, 2.75) is 6.54 Å². The molecule has 7 heteroatoms. The summed E-state index contributed by atoms with van der Waals surface area (Å²) in [4.78, 5) is 35.6. The normalized spacial score (nSPS) is 15.2. The number of carbonyl (C=O) groups is 2. The molecule has 2 N–H and O–H groups in total. The molecule has 6 nitrogen and oxygen atoms in total. The van der Waals surface area contributed by atoms with Crippen LogP contribution in [0.1, 0.15) is 21.5 Å². The minimum Gasteiger partial charge on any atom is -0.386 e. The maximum absolute atomic E-state index is 12.1. The Morgan fingerprint density at radius 1 is 1.12 bits per heavy atom. The smallest absolute Gasteiger partial charge is 0.260 e. The van der Waals surface area contributed by atoms with Gasteiger partial charge < -0.3 is 9.88 Å². The number of pyridine rings is 1. The third kappa shape index (κ3) is 3.25. The van der Waals surface area contributed by atoms with E-state index in [2.05, 4.69) is 33.2 Å². The van der Waals surface area contributed by atoms with E-state index in [1.54, 1.807) is 31.6 Å². The second-order valence-corrected chi connectivity index (χ2v) is 6.64. The van der Waals surface area contributed by atoms with Crippen molar-refractivity contribution in [3.05, 3.63) is 73.3 Å². The third-order valence-corrected chi connectivity index (χ3v) is 4.38. The molecular weight excluding hydrogens is 421 g/mol. The molecule has 2 amide bonds. The first-order chi connectivity index (χ1) is 11.5. The second kappa shape index (κ2) is 6.60. The molecule has 24 heavy (non-hydrogen) atoms. The molecule has 0 spiro atoms. The molecule has 122 valence electrons. The van der Waals surface area contributed by atoms with E-state index in [0.29, 0.717) is 23.2 Å². The summed E-state index contributed by atoms with van der Waals surface area (Å²) in [6, 6.07) is 8.69. The van der Waals surface area contributed by atoms with Gasteiger partial charge in [0.2, 0.25) is 0 Å².